The Morgan fingerprint density at radius 1 is 1.17 bits per heavy atom. The van der Waals surface area contributed by atoms with Gasteiger partial charge in [0.25, 0.3) is 0 Å². The van der Waals surface area contributed by atoms with E-state index < -0.39 is 9.84 Å². The molecule has 0 aliphatic rings. The van der Waals surface area contributed by atoms with Gasteiger partial charge in [0.1, 0.15) is 11.9 Å². The minimum absolute atomic E-state index is 0.241. The molecule has 0 bridgehead atoms. The van der Waals surface area contributed by atoms with Gasteiger partial charge in [0, 0.05) is 36.1 Å². The van der Waals surface area contributed by atoms with Crippen LogP contribution >= 0.6 is 0 Å². The third-order valence-corrected chi connectivity index (χ3v) is 4.63. The van der Waals surface area contributed by atoms with Crippen LogP contribution in [-0.4, -0.2) is 29.2 Å². The van der Waals surface area contributed by atoms with Gasteiger partial charge in [-0.25, -0.2) is 13.4 Å². The molecule has 0 unspecified atom stereocenters. The molecule has 0 saturated heterocycles. The van der Waals surface area contributed by atoms with E-state index in [1.807, 2.05) is 19.1 Å². The fourth-order valence-electron chi connectivity index (χ4n) is 2.37. The molecule has 0 N–H and O–H groups in total. The first kappa shape index (κ1) is 15.9. The second kappa shape index (κ2) is 5.91. The topological polar surface area (TPSA) is 88.6 Å². The van der Waals surface area contributed by atoms with Crippen LogP contribution in [0.1, 0.15) is 11.3 Å². The van der Waals surface area contributed by atoms with Gasteiger partial charge in [-0.1, -0.05) is 0 Å². The minimum Gasteiger partial charge on any atom is -0.298 e. The Hall–Kier alpha value is -2.98. The Kier molecular flexibility index (Phi) is 3.91. The van der Waals surface area contributed by atoms with Gasteiger partial charge in [0.05, 0.1) is 4.90 Å². The number of hydrogen-bond acceptors (Lipinski definition) is 5. The third-order valence-electron chi connectivity index (χ3n) is 3.50. The number of rotatable bonds is 3. The number of pyridine rings is 1. The van der Waals surface area contributed by atoms with Crippen LogP contribution in [0.25, 0.3) is 17.1 Å². The molecular weight excluding hydrogens is 324 g/mol. The molecule has 7 heteroatoms. The van der Waals surface area contributed by atoms with Crippen LogP contribution < -0.4 is 0 Å². The quantitative estimate of drug-likeness (QED) is 0.732. The lowest BCUT2D eigenvalue weighted by Gasteiger charge is -2.09. The first-order valence-corrected chi connectivity index (χ1v) is 8.99. The second-order valence-corrected chi connectivity index (χ2v) is 7.46. The molecule has 0 spiro atoms. The molecule has 120 valence electrons. The number of nitriles is 1. The van der Waals surface area contributed by atoms with Crippen molar-refractivity contribution < 1.29 is 8.42 Å². The van der Waals surface area contributed by atoms with Crippen LogP contribution in [0.5, 0.6) is 0 Å². The van der Waals surface area contributed by atoms with E-state index in [0.29, 0.717) is 11.5 Å². The standard InChI is InChI=1S/C17H14N4O2S/c1-12-7-13(10-19-9-12)17-20-14(8-18)11-21(17)15-3-5-16(6-4-15)24(2,22)23/h3-7,9-11H,1-2H3. The molecule has 0 amide bonds. The molecule has 0 saturated carbocycles. The lowest BCUT2D eigenvalue weighted by molar-refractivity contribution is 0.602. The maximum atomic E-state index is 11.6. The van der Waals surface area contributed by atoms with Gasteiger partial charge in [0.15, 0.2) is 15.5 Å². The lowest BCUT2D eigenvalue weighted by atomic mass is 10.2. The summed E-state index contributed by atoms with van der Waals surface area (Å²) in [5.41, 5.74) is 2.75. The highest BCUT2D eigenvalue weighted by Crippen LogP contribution is 2.24. The average molecular weight is 338 g/mol. The van der Waals surface area contributed by atoms with Crippen molar-refractivity contribution in [3.63, 3.8) is 0 Å². The molecule has 6 nitrogen and oxygen atoms in total. The highest BCUT2D eigenvalue weighted by Gasteiger charge is 2.13. The number of nitrogens with zero attached hydrogens (tertiary/aromatic N) is 4. The summed E-state index contributed by atoms with van der Waals surface area (Å²) in [5, 5.41) is 9.15. The van der Waals surface area contributed by atoms with E-state index in [-0.39, 0.29) is 10.6 Å². The van der Waals surface area contributed by atoms with Crippen LogP contribution in [0.2, 0.25) is 0 Å². The predicted octanol–water partition coefficient (Wildman–Crippen LogP) is 2.52. The van der Waals surface area contributed by atoms with Gasteiger partial charge in [-0.3, -0.25) is 9.55 Å². The van der Waals surface area contributed by atoms with E-state index in [4.69, 9.17) is 5.26 Å². The van der Waals surface area contributed by atoms with Crippen molar-refractivity contribution in [3.05, 3.63) is 60.2 Å². The van der Waals surface area contributed by atoms with E-state index in [1.54, 1.807) is 35.3 Å². The fourth-order valence-corrected chi connectivity index (χ4v) is 3.00. The third kappa shape index (κ3) is 3.05. The zero-order chi connectivity index (χ0) is 17.3. The molecule has 0 atom stereocenters. The van der Waals surface area contributed by atoms with Crippen molar-refractivity contribution in [1.82, 2.24) is 14.5 Å². The van der Waals surface area contributed by atoms with Crippen molar-refractivity contribution in [1.29, 1.82) is 5.26 Å². The summed E-state index contributed by atoms with van der Waals surface area (Å²) in [5.74, 6) is 0.579. The SMILES string of the molecule is Cc1cncc(-c2nc(C#N)cn2-c2ccc(S(C)(=O)=O)cc2)c1. The van der Waals surface area contributed by atoms with Crippen LogP contribution in [-0.2, 0) is 9.84 Å². The molecule has 0 aliphatic carbocycles. The minimum atomic E-state index is -3.26. The molecular formula is C17H14N4O2S. The Labute approximate surface area is 140 Å². The lowest BCUT2D eigenvalue weighted by Crippen LogP contribution is -2.00. The maximum absolute atomic E-state index is 11.6. The number of aromatic nitrogens is 3. The second-order valence-electron chi connectivity index (χ2n) is 5.45. The Bertz CT molecular complexity index is 1040. The van der Waals surface area contributed by atoms with Gasteiger partial charge in [-0.2, -0.15) is 5.26 Å². The molecule has 3 rings (SSSR count). The van der Waals surface area contributed by atoms with Crippen molar-refractivity contribution in [2.75, 3.05) is 6.26 Å². The monoisotopic (exact) mass is 338 g/mol. The molecule has 2 aromatic heterocycles. The van der Waals surface area contributed by atoms with E-state index in [9.17, 15) is 8.42 Å². The van der Waals surface area contributed by atoms with Crippen molar-refractivity contribution in [3.8, 4) is 23.1 Å². The summed E-state index contributed by atoms with van der Waals surface area (Å²) in [7, 11) is -3.26. The molecule has 0 fully saturated rings. The Morgan fingerprint density at radius 2 is 1.88 bits per heavy atom. The van der Waals surface area contributed by atoms with Gasteiger partial charge < -0.3 is 0 Å². The smallest absolute Gasteiger partial charge is 0.175 e. The normalized spacial score (nSPS) is 11.2. The summed E-state index contributed by atoms with van der Waals surface area (Å²) in [6.45, 7) is 1.93. The zero-order valence-electron chi connectivity index (χ0n) is 13.1. The van der Waals surface area contributed by atoms with E-state index in [1.165, 1.54) is 12.1 Å². The zero-order valence-corrected chi connectivity index (χ0v) is 13.9. The molecule has 0 radical (unpaired) electrons. The highest BCUT2D eigenvalue weighted by atomic mass is 32.2. The number of hydrogen-bond donors (Lipinski definition) is 0. The van der Waals surface area contributed by atoms with Crippen molar-refractivity contribution in [2.24, 2.45) is 0 Å². The number of sulfone groups is 1. The van der Waals surface area contributed by atoms with Crippen LogP contribution in [0.15, 0.2) is 53.8 Å². The van der Waals surface area contributed by atoms with Crippen LogP contribution in [0.4, 0.5) is 0 Å². The molecule has 0 aliphatic heterocycles. The number of benzene rings is 1. The molecule has 2 heterocycles. The van der Waals surface area contributed by atoms with Gasteiger partial charge in [-0.05, 0) is 42.8 Å². The van der Waals surface area contributed by atoms with E-state index in [2.05, 4.69) is 9.97 Å². The Morgan fingerprint density at radius 3 is 2.46 bits per heavy atom. The Balaban J connectivity index is 2.15. The number of imidazole rings is 1. The van der Waals surface area contributed by atoms with Gasteiger partial charge in [0.2, 0.25) is 0 Å². The van der Waals surface area contributed by atoms with Gasteiger partial charge >= 0.3 is 0 Å². The highest BCUT2D eigenvalue weighted by molar-refractivity contribution is 7.90. The van der Waals surface area contributed by atoms with Crippen molar-refractivity contribution >= 4 is 9.84 Å². The first-order chi connectivity index (χ1) is 11.4. The first-order valence-electron chi connectivity index (χ1n) is 7.10. The molecule has 1 aromatic carbocycles. The molecule has 24 heavy (non-hydrogen) atoms. The summed E-state index contributed by atoms with van der Waals surface area (Å²) >= 11 is 0. The van der Waals surface area contributed by atoms with Crippen LogP contribution in [0, 0.1) is 18.3 Å². The predicted molar refractivity (Wildman–Crippen MR) is 89.4 cm³/mol. The average Bonchev–Trinajstić information content (AvgIpc) is 2.98. The van der Waals surface area contributed by atoms with Gasteiger partial charge in [-0.15, -0.1) is 0 Å². The maximum Gasteiger partial charge on any atom is 0.175 e. The summed E-state index contributed by atoms with van der Waals surface area (Å²) in [6.07, 6.45) is 6.20. The molecule has 3 aromatic rings. The largest absolute Gasteiger partial charge is 0.298 e. The summed E-state index contributed by atoms with van der Waals surface area (Å²) in [6, 6.07) is 10.4. The van der Waals surface area contributed by atoms with E-state index in [0.717, 1.165) is 17.4 Å². The van der Waals surface area contributed by atoms with Crippen molar-refractivity contribution in [2.45, 2.75) is 11.8 Å². The summed E-state index contributed by atoms with van der Waals surface area (Å²) in [4.78, 5) is 8.73. The number of aryl methyl sites for hydroxylation is 1. The van der Waals surface area contributed by atoms with E-state index >= 15 is 0 Å². The van der Waals surface area contributed by atoms with Crippen LogP contribution in [0.3, 0.4) is 0 Å². The summed E-state index contributed by atoms with van der Waals surface area (Å²) < 4.78 is 24.9. The fraction of sp³-hybridized carbons (Fsp3) is 0.118.